The van der Waals surface area contributed by atoms with Gasteiger partial charge in [-0.05, 0) is 124 Å². The van der Waals surface area contributed by atoms with Gasteiger partial charge in [0.2, 0.25) is 11.8 Å². The Hall–Kier alpha value is -7.21. The first-order valence-corrected chi connectivity index (χ1v) is 27.5. The third kappa shape index (κ3) is 10.8. The summed E-state index contributed by atoms with van der Waals surface area (Å²) in [6.07, 6.45) is 3.75. The lowest BCUT2D eigenvalue weighted by molar-refractivity contribution is -0.134. The number of ether oxygens (including phenoxy) is 2. The molecule has 0 radical (unpaired) electrons. The molecule has 4 aliphatic rings. The summed E-state index contributed by atoms with van der Waals surface area (Å²) in [6, 6.07) is 29.9. The van der Waals surface area contributed by atoms with Gasteiger partial charge >= 0.3 is 5.97 Å². The normalized spacial score (nSPS) is 18.0. The number of piperazine rings is 1. The molecule has 76 heavy (non-hydrogen) atoms. The van der Waals surface area contributed by atoms with E-state index in [4.69, 9.17) is 19.6 Å². The number of carbonyl (C=O) groups excluding carboxylic acids is 4. The van der Waals surface area contributed by atoms with Gasteiger partial charge in [0.05, 0.1) is 33.0 Å². The first-order valence-electron chi connectivity index (χ1n) is 26.7. The number of amides is 3. The van der Waals surface area contributed by atoms with Crippen LogP contribution in [0.4, 0.5) is 16.6 Å². The maximum Gasteiger partial charge on any atom is 0.358 e. The highest BCUT2D eigenvalue weighted by Crippen LogP contribution is 2.38. The molecule has 3 aromatic heterocycles. The number of anilines is 3. The lowest BCUT2D eigenvalue weighted by atomic mass is 9.92. The number of esters is 1. The van der Waals surface area contributed by atoms with Crippen LogP contribution in [0.15, 0.2) is 91.0 Å². The summed E-state index contributed by atoms with van der Waals surface area (Å²) in [5.74, 6) is 0.415. The zero-order valence-corrected chi connectivity index (χ0v) is 44.9. The van der Waals surface area contributed by atoms with E-state index < -0.39 is 17.5 Å². The molecule has 7 heterocycles. The van der Waals surface area contributed by atoms with E-state index in [9.17, 15) is 19.2 Å². The second-order valence-electron chi connectivity index (χ2n) is 21.7. The number of hydrogen-bond acceptors (Lipinski definition) is 14. The van der Waals surface area contributed by atoms with Crippen molar-refractivity contribution in [1.29, 1.82) is 0 Å². The average Bonchev–Trinajstić information content (AvgIpc) is 4.00. The molecule has 16 nitrogen and oxygen atoms in total. The molecule has 394 valence electrons. The number of aromatic nitrogens is 4. The number of pyridine rings is 1. The number of fused-ring (bicyclic) bond motifs is 3. The van der Waals surface area contributed by atoms with Crippen molar-refractivity contribution in [3.05, 3.63) is 125 Å². The molecule has 0 spiro atoms. The summed E-state index contributed by atoms with van der Waals surface area (Å²) in [5, 5.41) is 11.9. The standard InChI is InChI=1S/C59H66N10O6S/c1-37-40(41-19-21-50(61-53(41)57(73)75-59(2,3)4)69-28-25-39-11-8-13-42(45(39)36-69)55(71)63-58-60-46-15-6-7-18-49(46)76-58)12-10-17-48(37)74-34-33-66-29-31-67(32-30-66)35-38-23-26-68(27-24-38)47-16-9-14-43-52(64-65(5)54(43)47)44-20-22-51(70)62-56(44)72/h6-19,21,38,44H,20,22-36H2,1-5H3,(H,60,63,71)(H,62,70,72). The van der Waals surface area contributed by atoms with Crippen LogP contribution in [0.25, 0.3) is 32.2 Å². The lowest BCUT2D eigenvalue weighted by Gasteiger charge is -2.39. The Kier molecular flexibility index (Phi) is 14.4. The fraction of sp³-hybridized carbons (Fsp3) is 0.407. The van der Waals surface area contributed by atoms with Crippen LogP contribution in [-0.4, -0.2) is 124 Å². The minimum Gasteiger partial charge on any atom is -0.492 e. The van der Waals surface area contributed by atoms with E-state index in [1.807, 2.05) is 106 Å². The zero-order chi connectivity index (χ0) is 52.7. The van der Waals surface area contributed by atoms with E-state index in [1.165, 1.54) is 11.3 Å². The predicted octanol–water partition coefficient (Wildman–Crippen LogP) is 8.76. The molecule has 1 unspecified atom stereocenters. The van der Waals surface area contributed by atoms with Crippen molar-refractivity contribution < 1.29 is 28.7 Å². The van der Waals surface area contributed by atoms with Crippen molar-refractivity contribution in [1.82, 2.24) is 34.9 Å². The van der Waals surface area contributed by atoms with Gasteiger partial charge < -0.3 is 24.2 Å². The minimum atomic E-state index is -0.738. The summed E-state index contributed by atoms with van der Waals surface area (Å²) in [4.78, 5) is 71.9. The quantitative estimate of drug-likeness (QED) is 0.0832. The van der Waals surface area contributed by atoms with Gasteiger partial charge in [-0.15, -0.1) is 0 Å². The molecule has 4 aliphatic heterocycles. The first kappa shape index (κ1) is 50.9. The van der Waals surface area contributed by atoms with Crippen molar-refractivity contribution in [2.45, 2.75) is 77.9 Å². The van der Waals surface area contributed by atoms with E-state index in [2.05, 4.69) is 59.5 Å². The van der Waals surface area contributed by atoms with Crippen molar-refractivity contribution in [2.24, 2.45) is 13.0 Å². The van der Waals surface area contributed by atoms with E-state index in [0.29, 0.717) is 67.0 Å². The number of para-hydroxylation sites is 2. The van der Waals surface area contributed by atoms with E-state index in [-0.39, 0.29) is 23.4 Å². The lowest BCUT2D eigenvalue weighted by Crippen LogP contribution is -2.49. The van der Waals surface area contributed by atoms with Gasteiger partial charge in [0.25, 0.3) is 5.91 Å². The first-order chi connectivity index (χ1) is 36.7. The molecule has 3 saturated heterocycles. The molecule has 1 atom stereocenters. The number of benzene rings is 4. The number of hydrogen-bond donors (Lipinski definition) is 2. The Morgan fingerprint density at radius 2 is 1.58 bits per heavy atom. The Balaban J connectivity index is 0.697. The Morgan fingerprint density at radius 1 is 0.803 bits per heavy atom. The predicted molar refractivity (Wildman–Crippen MR) is 297 cm³/mol. The largest absolute Gasteiger partial charge is 0.492 e. The van der Waals surface area contributed by atoms with Crippen molar-refractivity contribution >= 4 is 72.8 Å². The van der Waals surface area contributed by atoms with Gasteiger partial charge in [0.15, 0.2) is 10.8 Å². The number of nitrogens with one attached hydrogen (secondary N) is 2. The molecule has 0 bridgehead atoms. The third-order valence-corrected chi connectivity index (χ3v) is 16.4. The van der Waals surface area contributed by atoms with E-state index in [1.54, 1.807) is 0 Å². The fourth-order valence-corrected chi connectivity index (χ4v) is 12.3. The van der Waals surface area contributed by atoms with Crippen LogP contribution in [0.2, 0.25) is 0 Å². The minimum absolute atomic E-state index is 0.209. The molecule has 3 amide bonds. The number of rotatable bonds is 13. The Labute approximate surface area is 447 Å². The summed E-state index contributed by atoms with van der Waals surface area (Å²) in [7, 11) is 1.95. The van der Waals surface area contributed by atoms with Crippen LogP contribution in [0, 0.1) is 12.8 Å². The van der Waals surface area contributed by atoms with Gasteiger partial charge in [0.1, 0.15) is 23.8 Å². The molecule has 0 saturated carbocycles. The van der Waals surface area contributed by atoms with Gasteiger partial charge in [-0.25, -0.2) is 14.8 Å². The molecule has 11 rings (SSSR count). The highest BCUT2D eigenvalue weighted by molar-refractivity contribution is 7.22. The smallest absolute Gasteiger partial charge is 0.358 e. The Morgan fingerprint density at radius 3 is 2.37 bits per heavy atom. The average molecular weight is 1040 g/mol. The van der Waals surface area contributed by atoms with Gasteiger partial charge in [-0.3, -0.25) is 34.6 Å². The summed E-state index contributed by atoms with van der Waals surface area (Å²) in [5.41, 5.74) is 8.35. The van der Waals surface area contributed by atoms with Crippen LogP contribution in [0.3, 0.4) is 0 Å². The molecule has 2 N–H and O–H groups in total. The maximum absolute atomic E-state index is 14.1. The fourth-order valence-electron chi connectivity index (χ4n) is 11.5. The molecular formula is C59H66N10O6S. The second-order valence-corrected chi connectivity index (χ2v) is 22.7. The number of imide groups is 1. The summed E-state index contributed by atoms with van der Waals surface area (Å²) < 4.78 is 15.4. The monoisotopic (exact) mass is 1040 g/mol. The number of piperidine rings is 2. The van der Waals surface area contributed by atoms with Crippen LogP contribution in [0.1, 0.15) is 95.6 Å². The van der Waals surface area contributed by atoms with E-state index >= 15 is 0 Å². The topological polar surface area (TPSA) is 167 Å². The molecule has 7 aromatic rings. The van der Waals surface area contributed by atoms with Gasteiger partial charge in [-0.2, -0.15) is 5.10 Å². The highest BCUT2D eigenvalue weighted by Gasteiger charge is 2.34. The van der Waals surface area contributed by atoms with Crippen molar-refractivity contribution in [2.75, 3.05) is 80.6 Å². The molecule has 17 heteroatoms. The van der Waals surface area contributed by atoms with Gasteiger partial charge in [-0.1, -0.05) is 59.9 Å². The van der Waals surface area contributed by atoms with Crippen molar-refractivity contribution in [3.63, 3.8) is 0 Å². The maximum atomic E-state index is 14.1. The zero-order valence-electron chi connectivity index (χ0n) is 44.1. The number of thiazole rings is 1. The molecular weight excluding hydrogens is 977 g/mol. The molecule has 0 aliphatic carbocycles. The Bertz CT molecular complexity index is 3310. The molecule has 4 aromatic carbocycles. The molecule has 3 fully saturated rings. The van der Waals surface area contributed by atoms with Crippen LogP contribution < -0.4 is 25.2 Å². The highest BCUT2D eigenvalue weighted by atomic mass is 32.1. The van der Waals surface area contributed by atoms with Gasteiger partial charge in [0, 0.05) is 95.4 Å². The van der Waals surface area contributed by atoms with Crippen LogP contribution in [-0.2, 0) is 34.3 Å². The number of carbonyl (C=O) groups is 4. The SMILES string of the molecule is Cc1c(OCCN2CCN(CC3CCN(c4cccc5c(C6CCC(=O)NC6=O)nn(C)c45)CC3)CC2)cccc1-c1ccc(N2CCc3cccc(C(=O)Nc4nc5ccccc5s4)c3C2)nc1C(=O)OC(C)(C)C. The van der Waals surface area contributed by atoms with Crippen molar-refractivity contribution in [3.8, 4) is 16.9 Å². The van der Waals surface area contributed by atoms with Crippen LogP contribution in [0.5, 0.6) is 5.75 Å². The van der Waals surface area contributed by atoms with E-state index in [0.717, 1.165) is 126 Å². The number of nitrogens with zero attached hydrogens (tertiary/aromatic N) is 8. The third-order valence-electron chi connectivity index (χ3n) is 15.4. The summed E-state index contributed by atoms with van der Waals surface area (Å²) in [6.45, 7) is 17.1. The number of aryl methyl sites for hydroxylation is 1. The second kappa shape index (κ2) is 21.4. The van der Waals surface area contributed by atoms with Crippen LogP contribution >= 0.6 is 11.3 Å². The summed E-state index contributed by atoms with van der Waals surface area (Å²) >= 11 is 1.45.